The van der Waals surface area contributed by atoms with Crippen LogP contribution < -0.4 is 0 Å². The van der Waals surface area contributed by atoms with Gasteiger partial charge in [-0.15, -0.1) is 0 Å². The average Bonchev–Trinajstić information content (AvgIpc) is 2.82. The van der Waals surface area contributed by atoms with Crippen molar-refractivity contribution >= 4 is 38.6 Å². The summed E-state index contributed by atoms with van der Waals surface area (Å²) in [4.78, 5) is 11.0. The molecular weight excluding hydrogens is 380 g/mol. The molecule has 0 bridgehead atoms. The minimum atomic E-state index is -0.0894. The van der Waals surface area contributed by atoms with Crippen molar-refractivity contribution in [3.63, 3.8) is 0 Å². The molecule has 124 valence electrons. The summed E-state index contributed by atoms with van der Waals surface area (Å²) in [6.07, 6.45) is 7.72. The van der Waals surface area contributed by atoms with Gasteiger partial charge in [0, 0.05) is 36.3 Å². The number of hydrogen-bond acceptors (Lipinski definition) is 4. The quantitative estimate of drug-likeness (QED) is 0.805. The number of hydrogen-bond donors (Lipinski definition) is 1. The summed E-state index contributed by atoms with van der Waals surface area (Å²) >= 11 is 9.76. The van der Waals surface area contributed by atoms with Crippen molar-refractivity contribution in [1.29, 1.82) is 0 Å². The Morgan fingerprint density at radius 2 is 2.00 bits per heavy atom. The molecule has 0 atom stereocenters. The van der Waals surface area contributed by atoms with Crippen LogP contribution in [0.25, 0.3) is 11.0 Å². The SMILES string of the molecule is OC1CCN(C[C@H]2C[C@@H](n3cc(Br)c4c(Cl)ncnc43)C2)CC1. The van der Waals surface area contributed by atoms with E-state index in [9.17, 15) is 5.11 Å². The molecule has 0 radical (unpaired) electrons. The molecule has 2 aromatic rings. The fourth-order valence-corrected chi connectivity index (χ4v) is 4.76. The fraction of sp³-hybridized carbons (Fsp3) is 0.625. The van der Waals surface area contributed by atoms with Crippen LogP contribution in [0, 0.1) is 5.92 Å². The van der Waals surface area contributed by atoms with Gasteiger partial charge in [0.1, 0.15) is 17.1 Å². The van der Waals surface area contributed by atoms with Crippen molar-refractivity contribution in [1.82, 2.24) is 19.4 Å². The van der Waals surface area contributed by atoms with Crippen molar-refractivity contribution < 1.29 is 5.11 Å². The fourth-order valence-electron chi connectivity index (χ4n) is 3.83. The normalized spacial score (nSPS) is 26.6. The summed E-state index contributed by atoms with van der Waals surface area (Å²) in [5.74, 6) is 0.740. The summed E-state index contributed by atoms with van der Waals surface area (Å²) in [6.45, 7) is 3.21. The van der Waals surface area contributed by atoms with Gasteiger partial charge in [-0.05, 0) is 47.5 Å². The Morgan fingerprint density at radius 1 is 1.26 bits per heavy atom. The second-order valence-corrected chi connectivity index (χ2v) is 7.98. The van der Waals surface area contributed by atoms with Crippen LogP contribution in [-0.2, 0) is 0 Å². The topological polar surface area (TPSA) is 54.2 Å². The van der Waals surface area contributed by atoms with E-state index in [4.69, 9.17) is 11.6 Å². The third-order valence-electron chi connectivity index (χ3n) is 5.19. The molecular formula is C16H20BrClN4O. The molecule has 1 aliphatic heterocycles. The molecule has 0 unspecified atom stereocenters. The molecule has 23 heavy (non-hydrogen) atoms. The maximum Gasteiger partial charge on any atom is 0.146 e. The first-order chi connectivity index (χ1) is 11.1. The lowest BCUT2D eigenvalue weighted by Crippen LogP contribution is -2.42. The molecule has 0 aromatic carbocycles. The second kappa shape index (κ2) is 6.31. The molecule has 2 aliphatic rings. The predicted octanol–water partition coefficient (Wildman–Crippen LogP) is 3.26. The standard InChI is InChI=1S/C16H20BrClN4O/c17-13-8-22(16-14(13)15(18)19-9-20-16)11-5-10(6-11)7-21-3-1-12(23)2-4-21/h8-12,23H,1-7H2/t10-,11+. The molecule has 2 fully saturated rings. The van der Waals surface area contributed by atoms with Crippen molar-refractivity contribution in [3.8, 4) is 0 Å². The largest absolute Gasteiger partial charge is 0.393 e. The molecule has 1 saturated carbocycles. The Balaban J connectivity index is 1.41. The number of halogens is 2. The van der Waals surface area contributed by atoms with E-state index in [0.717, 1.165) is 53.9 Å². The van der Waals surface area contributed by atoms with E-state index in [1.807, 2.05) is 0 Å². The Hall–Kier alpha value is -0.690. The van der Waals surface area contributed by atoms with E-state index in [0.29, 0.717) is 11.2 Å². The molecule has 1 N–H and O–H groups in total. The van der Waals surface area contributed by atoms with E-state index in [2.05, 4.69) is 41.6 Å². The highest BCUT2D eigenvalue weighted by molar-refractivity contribution is 9.10. The molecule has 5 nitrogen and oxygen atoms in total. The van der Waals surface area contributed by atoms with Crippen LogP contribution in [0.2, 0.25) is 5.15 Å². The van der Waals surface area contributed by atoms with Crippen LogP contribution in [0.3, 0.4) is 0 Å². The first-order valence-electron chi connectivity index (χ1n) is 8.18. The third-order valence-corrected chi connectivity index (χ3v) is 6.08. The van der Waals surface area contributed by atoms with Gasteiger partial charge >= 0.3 is 0 Å². The van der Waals surface area contributed by atoms with Crippen LogP contribution in [0.1, 0.15) is 31.7 Å². The summed E-state index contributed by atoms with van der Waals surface area (Å²) in [5.41, 5.74) is 0.918. The number of fused-ring (bicyclic) bond motifs is 1. The summed E-state index contributed by atoms with van der Waals surface area (Å²) in [6, 6.07) is 0.496. The van der Waals surface area contributed by atoms with Crippen molar-refractivity contribution in [2.24, 2.45) is 5.92 Å². The Kier molecular flexibility index (Phi) is 4.34. The van der Waals surface area contributed by atoms with Gasteiger partial charge in [0.15, 0.2) is 0 Å². The lowest BCUT2D eigenvalue weighted by Gasteiger charge is -2.41. The van der Waals surface area contributed by atoms with Crippen LogP contribution in [0.4, 0.5) is 0 Å². The zero-order chi connectivity index (χ0) is 16.0. The highest BCUT2D eigenvalue weighted by Crippen LogP contribution is 2.42. The highest BCUT2D eigenvalue weighted by atomic mass is 79.9. The van der Waals surface area contributed by atoms with Gasteiger partial charge in [0.05, 0.1) is 11.5 Å². The van der Waals surface area contributed by atoms with Crippen LogP contribution in [0.5, 0.6) is 0 Å². The van der Waals surface area contributed by atoms with Gasteiger partial charge < -0.3 is 14.6 Å². The number of piperidine rings is 1. The Labute approximate surface area is 148 Å². The maximum absolute atomic E-state index is 9.59. The molecule has 1 aliphatic carbocycles. The number of aromatic nitrogens is 3. The zero-order valence-electron chi connectivity index (χ0n) is 12.8. The van der Waals surface area contributed by atoms with E-state index < -0.39 is 0 Å². The van der Waals surface area contributed by atoms with E-state index in [1.54, 1.807) is 0 Å². The predicted molar refractivity (Wildman–Crippen MR) is 93.7 cm³/mol. The van der Waals surface area contributed by atoms with Crippen molar-refractivity contribution in [3.05, 3.63) is 22.1 Å². The monoisotopic (exact) mass is 398 g/mol. The Morgan fingerprint density at radius 3 is 2.74 bits per heavy atom. The lowest BCUT2D eigenvalue weighted by atomic mass is 9.79. The summed E-state index contributed by atoms with van der Waals surface area (Å²) < 4.78 is 3.20. The maximum atomic E-state index is 9.59. The van der Waals surface area contributed by atoms with Gasteiger partial charge in [-0.2, -0.15) is 0 Å². The zero-order valence-corrected chi connectivity index (χ0v) is 15.2. The van der Waals surface area contributed by atoms with Crippen LogP contribution >= 0.6 is 27.5 Å². The molecule has 0 spiro atoms. The average molecular weight is 400 g/mol. The number of aliphatic hydroxyl groups excluding tert-OH is 1. The highest BCUT2D eigenvalue weighted by Gasteiger charge is 2.33. The number of nitrogens with zero attached hydrogens (tertiary/aromatic N) is 4. The molecule has 7 heteroatoms. The molecule has 2 aromatic heterocycles. The van der Waals surface area contributed by atoms with E-state index in [-0.39, 0.29) is 6.10 Å². The smallest absolute Gasteiger partial charge is 0.146 e. The molecule has 1 saturated heterocycles. The minimum absolute atomic E-state index is 0.0894. The number of aliphatic hydroxyl groups is 1. The minimum Gasteiger partial charge on any atom is -0.393 e. The lowest BCUT2D eigenvalue weighted by molar-refractivity contribution is 0.0568. The number of likely N-dealkylation sites (tertiary alicyclic amines) is 1. The third kappa shape index (κ3) is 3.02. The second-order valence-electron chi connectivity index (χ2n) is 6.77. The van der Waals surface area contributed by atoms with Gasteiger partial charge in [-0.1, -0.05) is 11.6 Å². The molecule has 3 heterocycles. The van der Waals surface area contributed by atoms with Crippen molar-refractivity contribution in [2.75, 3.05) is 19.6 Å². The van der Waals surface area contributed by atoms with Crippen LogP contribution in [0.15, 0.2) is 17.0 Å². The first kappa shape index (κ1) is 15.8. The van der Waals surface area contributed by atoms with Crippen LogP contribution in [-0.4, -0.2) is 50.3 Å². The van der Waals surface area contributed by atoms with E-state index in [1.165, 1.54) is 19.2 Å². The summed E-state index contributed by atoms with van der Waals surface area (Å²) in [5, 5.41) is 11.0. The van der Waals surface area contributed by atoms with Gasteiger partial charge in [-0.25, -0.2) is 9.97 Å². The number of rotatable bonds is 3. The molecule has 4 rings (SSSR count). The van der Waals surface area contributed by atoms with Gasteiger partial charge in [0.2, 0.25) is 0 Å². The molecule has 0 amide bonds. The van der Waals surface area contributed by atoms with Crippen molar-refractivity contribution in [2.45, 2.75) is 37.8 Å². The van der Waals surface area contributed by atoms with Gasteiger partial charge in [-0.3, -0.25) is 0 Å². The first-order valence-corrected chi connectivity index (χ1v) is 9.36. The Bertz CT molecular complexity index is 707. The van der Waals surface area contributed by atoms with Gasteiger partial charge in [0.25, 0.3) is 0 Å². The summed E-state index contributed by atoms with van der Waals surface area (Å²) in [7, 11) is 0. The van der Waals surface area contributed by atoms with E-state index >= 15 is 0 Å².